The third-order valence-electron chi connectivity index (χ3n) is 5.26. The van der Waals surface area contributed by atoms with Gasteiger partial charge in [0, 0.05) is 30.2 Å². The van der Waals surface area contributed by atoms with Crippen molar-refractivity contribution in [1.29, 1.82) is 0 Å². The minimum absolute atomic E-state index is 0.107. The molecule has 1 atom stereocenters. The van der Waals surface area contributed by atoms with Crippen molar-refractivity contribution >= 4 is 23.2 Å². The van der Waals surface area contributed by atoms with Gasteiger partial charge in [0.1, 0.15) is 21.4 Å². The molecule has 1 heterocycles. The fourth-order valence-electron chi connectivity index (χ4n) is 3.62. The second-order valence-corrected chi connectivity index (χ2v) is 9.17. The summed E-state index contributed by atoms with van der Waals surface area (Å²) in [6, 6.07) is 13.2. The Balaban J connectivity index is 1.82. The van der Waals surface area contributed by atoms with Crippen molar-refractivity contribution in [2.24, 2.45) is 0 Å². The summed E-state index contributed by atoms with van der Waals surface area (Å²) >= 11 is 1.34. The number of methoxy groups -OCH3 is 2. The van der Waals surface area contributed by atoms with Gasteiger partial charge in [-0.3, -0.25) is 4.79 Å². The van der Waals surface area contributed by atoms with Gasteiger partial charge in [0.2, 0.25) is 0 Å². The van der Waals surface area contributed by atoms with Crippen LogP contribution in [0.2, 0.25) is 0 Å². The van der Waals surface area contributed by atoms with Crippen LogP contribution in [0.25, 0.3) is 10.6 Å². The highest BCUT2D eigenvalue weighted by molar-refractivity contribution is 7.17. The number of nitrogens with zero attached hydrogens (tertiary/aromatic N) is 1. The van der Waals surface area contributed by atoms with Gasteiger partial charge in [-0.25, -0.2) is 9.78 Å². The Morgan fingerprint density at radius 2 is 1.71 bits per heavy atom. The van der Waals surface area contributed by atoms with Crippen LogP contribution in [0.15, 0.2) is 42.5 Å². The molecular weight excluding hydrogens is 468 g/mol. The quantitative estimate of drug-likeness (QED) is 0.401. The van der Waals surface area contributed by atoms with E-state index in [1.165, 1.54) is 25.6 Å². The van der Waals surface area contributed by atoms with Crippen molar-refractivity contribution in [1.82, 2.24) is 10.3 Å². The molecule has 0 saturated heterocycles. The zero-order valence-corrected chi connectivity index (χ0v) is 21.3. The molecule has 0 fully saturated rings. The van der Waals surface area contributed by atoms with Crippen LogP contribution in [0, 0.1) is 6.92 Å². The molecular formula is C26H30N2O6S. The summed E-state index contributed by atoms with van der Waals surface area (Å²) in [5, 5.41) is 13.3. The molecule has 1 aromatic heterocycles. The van der Waals surface area contributed by atoms with Gasteiger partial charge in [-0.1, -0.05) is 30.3 Å². The first kappa shape index (κ1) is 26.2. The van der Waals surface area contributed by atoms with Crippen molar-refractivity contribution in [2.75, 3.05) is 14.2 Å². The summed E-state index contributed by atoms with van der Waals surface area (Å²) in [7, 11) is 3.04. The smallest absolute Gasteiger partial charge is 0.333 e. The molecule has 186 valence electrons. The average Bonchev–Trinajstić information content (AvgIpc) is 3.24. The summed E-state index contributed by atoms with van der Waals surface area (Å²) < 4.78 is 16.5. The van der Waals surface area contributed by atoms with E-state index in [4.69, 9.17) is 14.2 Å². The van der Waals surface area contributed by atoms with E-state index in [-0.39, 0.29) is 25.0 Å². The number of benzene rings is 2. The van der Waals surface area contributed by atoms with E-state index < -0.39 is 12.1 Å². The lowest BCUT2D eigenvalue weighted by Crippen LogP contribution is -2.29. The number of aliphatic carboxylic acids is 1. The van der Waals surface area contributed by atoms with Gasteiger partial charge in [0.15, 0.2) is 6.10 Å². The summed E-state index contributed by atoms with van der Waals surface area (Å²) in [5.74, 6) is -0.288. The summed E-state index contributed by atoms with van der Waals surface area (Å²) in [4.78, 5) is 29.8. The Morgan fingerprint density at radius 3 is 2.31 bits per heavy atom. The number of hydrogen-bond acceptors (Lipinski definition) is 7. The minimum Gasteiger partial charge on any atom is -0.496 e. The van der Waals surface area contributed by atoms with Gasteiger partial charge in [-0.05, 0) is 32.4 Å². The number of ether oxygens (including phenoxy) is 3. The number of amides is 1. The van der Waals surface area contributed by atoms with Crippen LogP contribution in [-0.4, -0.2) is 48.4 Å². The Bertz CT molecular complexity index is 1180. The second kappa shape index (κ2) is 11.8. The van der Waals surface area contributed by atoms with E-state index in [9.17, 15) is 14.7 Å². The molecule has 3 rings (SSSR count). The predicted octanol–water partition coefficient (Wildman–Crippen LogP) is 4.49. The van der Waals surface area contributed by atoms with Crippen molar-refractivity contribution < 1.29 is 28.9 Å². The second-order valence-electron chi connectivity index (χ2n) is 8.17. The molecule has 2 aromatic carbocycles. The fraction of sp³-hybridized carbons (Fsp3) is 0.346. The van der Waals surface area contributed by atoms with E-state index >= 15 is 0 Å². The monoisotopic (exact) mass is 498 g/mol. The number of carboxylic acid groups (broad SMARTS) is 1. The van der Waals surface area contributed by atoms with Crippen molar-refractivity contribution in [3.63, 3.8) is 0 Å². The van der Waals surface area contributed by atoms with Crippen molar-refractivity contribution in [2.45, 2.75) is 45.9 Å². The van der Waals surface area contributed by atoms with Gasteiger partial charge in [0.05, 0.1) is 26.0 Å². The predicted molar refractivity (Wildman–Crippen MR) is 134 cm³/mol. The fourth-order valence-corrected chi connectivity index (χ4v) is 4.61. The van der Waals surface area contributed by atoms with Gasteiger partial charge in [-0.2, -0.15) is 0 Å². The maximum Gasteiger partial charge on any atom is 0.333 e. The van der Waals surface area contributed by atoms with Crippen molar-refractivity contribution in [3.05, 3.63) is 64.2 Å². The van der Waals surface area contributed by atoms with E-state index in [0.29, 0.717) is 33.2 Å². The molecule has 0 bridgehead atoms. The minimum atomic E-state index is -1.05. The molecule has 0 aliphatic rings. The number of carbonyl (C=O) groups excluding carboxylic acids is 1. The first-order valence-electron chi connectivity index (χ1n) is 11.2. The van der Waals surface area contributed by atoms with Crippen LogP contribution in [0.1, 0.15) is 40.3 Å². The molecule has 0 saturated carbocycles. The summed E-state index contributed by atoms with van der Waals surface area (Å²) in [6.45, 7) is 5.56. The van der Waals surface area contributed by atoms with Crippen molar-refractivity contribution in [3.8, 4) is 22.1 Å². The SMILES string of the molecule is COc1cc(OC)c(CC(OC(C)C)C(=O)O)cc1CNC(=O)c1sc(-c2ccccc2)nc1C. The van der Waals surface area contributed by atoms with Gasteiger partial charge in [0.25, 0.3) is 5.91 Å². The average molecular weight is 499 g/mol. The zero-order valence-electron chi connectivity index (χ0n) is 20.5. The van der Waals surface area contributed by atoms with E-state index in [2.05, 4.69) is 10.3 Å². The highest BCUT2D eigenvalue weighted by atomic mass is 32.1. The normalized spacial score (nSPS) is 11.8. The van der Waals surface area contributed by atoms with Gasteiger partial charge in [-0.15, -0.1) is 11.3 Å². The number of aromatic nitrogens is 1. The standard InChI is InChI=1S/C26H30N2O6S/c1-15(2)34-22(26(30)31)12-18-11-19(21(33-5)13-20(18)32-4)14-27-24(29)23-16(3)28-25(35-23)17-9-7-6-8-10-17/h6-11,13,15,22H,12,14H2,1-5H3,(H,27,29)(H,30,31). The largest absolute Gasteiger partial charge is 0.496 e. The van der Waals surface area contributed by atoms with Crippen LogP contribution in [0.4, 0.5) is 0 Å². The molecule has 1 unspecified atom stereocenters. The van der Waals surface area contributed by atoms with E-state index in [0.717, 1.165) is 10.6 Å². The maximum atomic E-state index is 13.0. The molecule has 1 amide bonds. The zero-order chi connectivity index (χ0) is 25.5. The third kappa shape index (κ3) is 6.58. The molecule has 8 nitrogen and oxygen atoms in total. The molecule has 0 aliphatic carbocycles. The van der Waals surface area contributed by atoms with Gasteiger partial charge >= 0.3 is 5.97 Å². The number of nitrogens with one attached hydrogen (secondary N) is 1. The number of carboxylic acids is 1. The lowest BCUT2D eigenvalue weighted by Gasteiger charge is -2.20. The van der Waals surface area contributed by atoms with Crippen LogP contribution < -0.4 is 14.8 Å². The highest BCUT2D eigenvalue weighted by Gasteiger charge is 2.24. The van der Waals surface area contributed by atoms with E-state index in [1.807, 2.05) is 37.3 Å². The molecule has 0 aliphatic heterocycles. The van der Waals surface area contributed by atoms with Crippen LogP contribution in [0.3, 0.4) is 0 Å². The number of rotatable bonds is 11. The molecule has 3 aromatic rings. The Kier molecular flexibility index (Phi) is 8.84. The number of carbonyl (C=O) groups is 2. The topological polar surface area (TPSA) is 107 Å². The third-order valence-corrected chi connectivity index (χ3v) is 6.47. The Morgan fingerprint density at radius 1 is 1.06 bits per heavy atom. The molecule has 2 N–H and O–H groups in total. The lowest BCUT2D eigenvalue weighted by atomic mass is 10.0. The molecule has 0 spiro atoms. The number of thiazole rings is 1. The molecule has 9 heteroatoms. The Labute approximate surface area is 208 Å². The number of hydrogen-bond donors (Lipinski definition) is 2. The Hall–Kier alpha value is -3.43. The van der Waals surface area contributed by atoms with Crippen LogP contribution in [0.5, 0.6) is 11.5 Å². The first-order valence-corrected chi connectivity index (χ1v) is 12.0. The van der Waals surface area contributed by atoms with Gasteiger partial charge < -0.3 is 24.6 Å². The first-order chi connectivity index (χ1) is 16.7. The number of aryl methyl sites for hydroxylation is 1. The lowest BCUT2D eigenvalue weighted by molar-refractivity contribution is -0.153. The highest BCUT2D eigenvalue weighted by Crippen LogP contribution is 2.31. The maximum absolute atomic E-state index is 13.0. The molecule has 0 radical (unpaired) electrons. The van der Waals surface area contributed by atoms with Crippen LogP contribution in [-0.2, 0) is 22.5 Å². The van der Waals surface area contributed by atoms with Crippen LogP contribution >= 0.6 is 11.3 Å². The summed E-state index contributed by atoms with van der Waals surface area (Å²) in [5.41, 5.74) is 2.95. The molecule has 35 heavy (non-hydrogen) atoms. The van der Waals surface area contributed by atoms with E-state index in [1.54, 1.807) is 26.0 Å². The summed E-state index contributed by atoms with van der Waals surface area (Å²) in [6.07, 6.45) is -1.17.